The van der Waals surface area contributed by atoms with Crippen LogP contribution < -0.4 is 30.6 Å². The van der Waals surface area contributed by atoms with E-state index in [1.807, 2.05) is 72.8 Å². The summed E-state index contributed by atoms with van der Waals surface area (Å²) in [6.45, 7) is 6.20. The monoisotopic (exact) mass is 866 g/mol. The van der Waals surface area contributed by atoms with Crippen LogP contribution in [0.4, 0.5) is 0 Å². The second-order valence-corrected chi connectivity index (χ2v) is 13.4. The normalized spacial score (nSPS) is 12.2. The van der Waals surface area contributed by atoms with Crippen LogP contribution in [0, 0.1) is 32.9 Å². The number of aromatic nitrogens is 3. The molecule has 0 fully saturated rings. The van der Waals surface area contributed by atoms with Gasteiger partial charge in [0.1, 0.15) is 11.5 Å². The van der Waals surface area contributed by atoms with E-state index in [1.165, 1.54) is 16.7 Å². The molecule has 256 valence electrons. The molecule has 0 saturated heterocycles. The maximum Gasteiger partial charge on any atom is 2.00 e. The molecule has 0 saturated carbocycles. The third kappa shape index (κ3) is 5.55. The number of ether oxygens (including phenoxy) is 3. The van der Waals surface area contributed by atoms with Crippen molar-refractivity contribution in [3.8, 4) is 62.8 Å². The molecule has 6 aromatic carbocycles. The Hall–Kier alpha value is -5.91. The Kier molecular flexibility index (Phi) is 8.05. The minimum absolute atomic E-state index is 0. The molecular formula is C45H30BN3O3Pt. The third-order valence-electron chi connectivity index (χ3n) is 9.89. The van der Waals surface area contributed by atoms with Crippen LogP contribution in [0.1, 0.15) is 16.7 Å². The van der Waals surface area contributed by atoms with Gasteiger partial charge in [-0.1, -0.05) is 66.2 Å². The number of fused-ring (bicyclic) bond motifs is 5. The van der Waals surface area contributed by atoms with Gasteiger partial charge in [-0.2, -0.15) is 0 Å². The molecule has 8 aromatic rings. The summed E-state index contributed by atoms with van der Waals surface area (Å²) in [7, 11) is 0. The van der Waals surface area contributed by atoms with E-state index in [0.717, 1.165) is 72.9 Å². The summed E-state index contributed by atoms with van der Waals surface area (Å²) in [5.41, 5.74) is 12.3. The van der Waals surface area contributed by atoms with Crippen molar-refractivity contribution in [2.75, 3.05) is 0 Å². The number of nitrogens with zero attached hydrogens (tertiary/aromatic N) is 3. The summed E-state index contributed by atoms with van der Waals surface area (Å²) in [6.07, 6.45) is 1.76. The van der Waals surface area contributed by atoms with E-state index in [1.54, 1.807) is 6.20 Å². The quantitative estimate of drug-likeness (QED) is 0.128. The molecule has 8 heteroatoms. The molecule has 6 nitrogen and oxygen atoms in total. The summed E-state index contributed by atoms with van der Waals surface area (Å²) in [5.74, 6) is 4.77. The molecule has 0 atom stereocenters. The summed E-state index contributed by atoms with van der Waals surface area (Å²) in [6, 6.07) is 48.1. The van der Waals surface area contributed by atoms with E-state index in [9.17, 15) is 0 Å². The van der Waals surface area contributed by atoms with Crippen LogP contribution in [0.25, 0.3) is 39.2 Å². The molecule has 2 aliphatic heterocycles. The average molecular weight is 867 g/mol. The SMILES string of the molecule is Cc1cc(C)c(-n2c(-c3[c-]c4c(cc3)Oc3cccc5c3B4c3[c-]c(Oc4cc(-c6ccccc6)ccn4)ccc3O5)nc3ccccc32)c(C)c1.[Pt+2]. The molecular weight excluding hydrogens is 836 g/mol. The van der Waals surface area contributed by atoms with Gasteiger partial charge in [0, 0.05) is 40.7 Å². The smallest absolute Gasteiger partial charge is 0.518 e. The molecule has 0 unspecified atom stereocenters. The minimum Gasteiger partial charge on any atom is -0.518 e. The number of para-hydroxylation sites is 2. The van der Waals surface area contributed by atoms with Crippen molar-refractivity contribution in [2.24, 2.45) is 0 Å². The molecule has 2 aliphatic rings. The first kappa shape index (κ1) is 33.0. The van der Waals surface area contributed by atoms with Gasteiger partial charge in [0.15, 0.2) is 0 Å². The number of rotatable bonds is 5. The first-order valence-corrected chi connectivity index (χ1v) is 17.3. The Morgan fingerprint density at radius 3 is 2.13 bits per heavy atom. The number of pyridine rings is 1. The summed E-state index contributed by atoms with van der Waals surface area (Å²) in [4.78, 5) is 9.72. The van der Waals surface area contributed by atoms with Crippen LogP contribution in [0.15, 0.2) is 128 Å². The Balaban J connectivity index is 0.00000372. The van der Waals surface area contributed by atoms with Crippen molar-refractivity contribution in [3.05, 3.63) is 156 Å². The minimum atomic E-state index is -0.272. The fourth-order valence-corrected chi connectivity index (χ4v) is 7.77. The Labute approximate surface area is 322 Å². The molecule has 0 spiro atoms. The number of benzene rings is 6. The zero-order valence-corrected chi connectivity index (χ0v) is 31.4. The van der Waals surface area contributed by atoms with Crippen molar-refractivity contribution in [1.29, 1.82) is 0 Å². The molecule has 4 heterocycles. The van der Waals surface area contributed by atoms with Gasteiger partial charge < -0.3 is 18.8 Å². The standard InChI is InChI=1S/C45H30BN3O3.Pt/c1-27-22-28(2)44(29(3)23-27)49-37-13-8-7-12-36(37)48-45(49)32-16-18-38-34(24-32)46-35-26-33(17-19-39(35)52-41-15-9-14-40(51-38)43(41)46)50-42-25-31(20-21-47-42)30-10-5-4-6-11-30;/h4-23,25H,1-3H3;/q-2;+2. The van der Waals surface area contributed by atoms with Crippen molar-refractivity contribution in [3.63, 3.8) is 0 Å². The molecule has 53 heavy (non-hydrogen) atoms. The predicted octanol–water partition coefficient (Wildman–Crippen LogP) is 8.80. The van der Waals surface area contributed by atoms with Gasteiger partial charge in [-0.15, -0.1) is 52.9 Å². The van der Waals surface area contributed by atoms with E-state index in [2.05, 4.69) is 91.0 Å². The van der Waals surface area contributed by atoms with E-state index >= 15 is 0 Å². The predicted molar refractivity (Wildman–Crippen MR) is 206 cm³/mol. The van der Waals surface area contributed by atoms with E-state index < -0.39 is 0 Å². The van der Waals surface area contributed by atoms with Gasteiger partial charge >= 0.3 is 21.1 Å². The summed E-state index contributed by atoms with van der Waals surface area (Å²) >= 11 is 0. The van der Waals surface area contributed by atoms with Crippen LogP contribution >= 0.6 is 0 Å². The van der Waals surface area contributed by atoms with E-state index in [-0.39, 0.29) is 27.8 Å². The Bertz CT molecular complexity index is 2690. The fourth-order valence-electron chi connectivity index (χ4n) is 7.77. The van der Waals surface area contributed by atoms with Gasteiger partial charge in [0.05, 0.1) is 16.9 Å². The third-order valence-corrected chi connectivity index (χ3v) is 9.89. The van der Waals surface area contributed by atoms with Gasteiger partial charge in [0.25, 0.3) is 0 Å². The number of hydrogen-bond donors (Lipinski definition) is 0. The number of aryl methyl sites for hydroxylation is 3. The van der Waals surface area contributed by atoms with Crippen LogP contribution in [0.2, 0.25) is 0 Å². The zero-order valence-electron chi connectivity index (χ0n) is 29.1. The molecule has 0 aliphatic carbocycles. The van der Waals surface area contributed by atoms with E-state index in [0.29, 0.717) is 17.4 Å². The molecule has 0 N–H and O–H groups in total. The largest absolute Gasteiger partial charge is 2.00 e. The van der Waals surface area contributed by atoms with Crippen molar-refractivity contribution in [2.45, 2.75) is 20.8 Å². The summed E-state index contributed by atoms with van der Waals surface area (Å²) in [5, 5.41) is 0. The van der Waals surface area contributed by atoms with Crippen molar-refractivity contribution >= 4 is 34.1 Å². The molecule has 0 bridgehead atoms. The van der Waals surface area contributed by atoms with Gasteiger partial charge in [-0.05, 0) is 73.4 Å². The van der Waals surface area contributed by atoms with E-state index in [4.69, 9.17) is 19.2 Å². The molecule has 0 radical (unpaired) electrons. The van der Waals surface area contributed by atoms with Crippen LogP contribution in [0.5, 0.6) is 34.6 Å². The number of imidazole rings is 1. The van der Waals surface area contributed by atoms with Crippen molar-refractivity contribution < 1.29 is 35.3 Å². The second kappa shape index (κ2) is 12.9. The first-order chi connectivity index (χ1) is 25.5. The van der Waals surface area contributed by atoms with Gasteiger partial charge in [-0.3, -0.25) is 4.98 Å². The molecule has 10 rings (SSSR count). The number of hydrogen-bond acceptors (Lipinski definition) is 5. The maximum absolute atomic E-state index is 6.54. The average Bonchev–Trinajstić information content (AvgIpc) is 3.54. The van der Waals surface area contributed by atoms with Crippen molar-refractivity contribution in [1.82, 2.24) is 14.5 Å². The Morgan fingerprint density at radius 2 is 1.36 bits per heavy atom. The second-order valence-electron chi connectivity index (χ2n) is 13.4. The topological polar surface area (TPSA) is 58.4 Å². The molecule has 2 aromatic heterocycles. The Morgan fingerprint density at radius 1 is 0.660 bits per heavy atom. The zero-order chi connectivity index (χ0) is 34.9. The van der Waals surface area contributed by atoms with Crippen LogP contribution in [0.3, 0.4) is 0 Å². The summed E-state index contributed by atoms with van der Waals surface area (Å²) < 4.78 is 21.7. The maximum atomic E-state index is 6.54. The molecule has 0 amide bonds. The van der Waals surface area contributed by atoms with Gasteiger partial charge in [0.2, 0.25) is 12.6 Å². The van der Waals surface area contributed by atoms with Crippen LogP contribution in [-0.4, -0.2) is 21.2 Å². The van der Waals surface area contributed by atoms with Crippen LogP contribution in [-0.2, 0) is 21.1 Å². The van der Waals surface area contributed by atoms with Gasteiger partial charge in [-0.25, -0.2) is 4.98 Å². The fraction of sp³-hybridized carbons (Fsp3) is 0.0667. The first-order valence-electron chi connectivity index (χ1n) is 17.3.